The minimum absolute atomic E-state index is 0.0256. The predicted octanol–water partition coefficient (Wildman–Crippen LogP) is -0.350. The van der Waals surface area contributed by atoms with E-state index in [0.29, 0.717) is 18.2 Å². The summed E-state index contributed by atoms with van der Waals surface area (Å²) < 4.78 is 61.9. The maximum Gasteiger partial charge on any atom is 0.295 e. The third kappa shape index (κ3) is 2.64. The van der Waals surface area contributed by atoms with Crippen LogP contribution in [-0.4, -0.2) is 32.2 Å². The standard InChI is InChI=1S/C7H6O7S2/c8-4-5-3-6(15(9,10)11)1-2-7(5)16(12,13)14/h1-4H,(H,9,10,11)(H,12,13,14)/p-1. The van der Waals surface area contributed by atoms with Crippen molar-refractivity contribution in [3.05, 3.63) is 23.8 Å². The van der Waals surface area contributed by atoms with Crippen LogP contribution in [-0.2, 0) is 20.2 Å². The summed E-state index contributed by atoms with van der Waals surface area (Å²) >= 11 is 0. The largest absolute Gasteiger partial charge is 0.744 e. The molecule has 0 amide bonds. The van der Waals surface area contributed by atoms with Crippen LogP contribution in [0.5, 0.6) is 0 Å². The van der Waals surface area contributed by atoms with E-state index >= 15 is 0 Å². The van der Waals surface area contributed by atoms with Crippen molar-refractivity contribution in [2.24, 2.45) is 0 Å². The highest BCUT2D eigenvalue weighted by atomic mass is 32.2. The number of rotatable bonds is 3. The molecule has 0 fully saturated rings. The van der Waals surface area contributed by atoms with Gasteiger partial charge in [0, 0.05) is 5.56 Å². The first kappa shape index (κ1) is 12.8. The molecule has 16 heavy (non-hydrogen) atoms. The van der Waals surface area contributed by atoms with Gasteiger partial charge in [-0.2, -0.15) is 8.42 Å². The van der Waals surface area contributed by atoms with Crippen LogP contribution in [0.25, 0.3) is 0 Å². The fourth-order valence-corrected chi connectivity index (χ4v) is 2.16. The zero-order chi connectivity index (χ0) is 12.6. The van der Waals surface area contributed by atoms with Crippen LogP contribution in [0.15, 0.2) is 28.0 Å². The molecule has 1 N–H and O–H groups in total. The Morgan fingerprint density at radius 1 is 1.19 bits per heavy atom. The second-order valence-electron chi connectivity index (χ2n) is 2.75. The molecule has 0 radical (unpaired) electrons. The second-order valence-corrected chi connectivity index (χ2v) is 5.52. The maximum absolute atomic E-state index is 10.7. The molecule has 7 nitrogen and oxygen atoms in total. The first-order valence-electron chi connectivity index (χ1n) is 3.69. The Morgan fingerprint density at radius 3 is 2.12 bits per heavy atom. The zero-order valence-corrected chi connectivity index (χ0v) is 9.16. The number of aldehydes is 1. The Hall–Kier alpha value is -1.29. The summed E-state index contributed by atoms with van der Waals surface area (Å²) in [5, 5.41) is 0. The van der Waals surface area contributed by atoms with E-state index in [-0.39, 0.29) is 6.29 Å². The highest BCUT2D eigenvalue weighted by Gasteiger charge is 2.16. The van der Waals surface area contributed by atoms with Crippen LogP contribution in [0.4, 0.5) is 0 Å². The van der Waals surface area contributed by atoms with E-state index in [1.54, 1.807) is 0 Å². The molecule has 0 aliphatic heterocycles. The first-order valence-corrected chi connectivity index (χ1v) is 6.53. The van der Waals surface area contributed by atoms with E-state index in [9.17, 15) is 26.2 Å². The Labute approximate surface area is 91.2 Å². The van der Waals surface area contributed by atoms with Gasteiger partial charge in [0.15, 0.2) is 6.29 Å². The first-order chi connectivity index (χ1) is 7.16. The molecular weight excluding hydrogens is 260 g/mol. The van der Waals surface area contributed by atoms with Crippen molar-refractivity contribution in [2.75, 3.05) is 0 Å². The second kappa shape index (κ2) is 3.94. The molecule has 0 bridgehead atoms. The highest BCUT2D eigenvalue weighted by Crippen LogP contribution is 2.18. The third-order valence-electron chi connectivity index (χ3n) is 1.67. The van der Waals surface area contributed by atoms with Gasteiger partial charge in [-0.05, 0) is 18.2 Å². The van der Waals surface area contributed by atoms with Gasteiger partial charge in [0.2, 0.25) is 0 Å². The van der Waals surface area contributed by atoms with Crippen molar-refractivity contribution in [2.45, 2.75) is 9.79 Å². The van der Waals surface area contributed by atoms with Crippen LogP contribution in [0.3, 0.4) is 0 Å². The maximum atomic E-state index is 10.7. The van der Waals surface area contributed by atoms with Gasteiger partial charge in [-0.3, -0.25) is 9.35 Å². The molecule has 1 rings (SSSR count). The Balaban J connectivity index is 3.58. The number of benzene rings is 1. The van der Waals surface area contributed by atoms with Crippen LogP contribution in [0.1, 0.15) is 10.4 Å². The number of carbonyl (C=O) groups is 1. The summed E-state index contributed by atoms with van der Waals surface area (Å²) in [6, 6.07) is 1.95. The zero-order valence-electron chi connectivity index (χ0n) is 7.52. The summed E-state index contributed by atoms with van der Waals surface area (Å²) in [6.07, 6.45) is 0.0256. The molecule has 0 atom stereocenters. The van der Waals surface area contributed by atoms with Gasteiger partial charge in [-0.15, -0.1) is 0 Å². The Bertz CT molecular complexity index is 627. The van der Waals surface area contributed by atoms with Gasteiger partial charge < -0.3 is 4.55 Å². The fourth-order valence-electron chi connectivity index (χ4n) is 1.01. The average molecular weight is 265 g/mol. The van der Waals surface area contributed by atoms with Gasteiger partial charge in [0.05, 0.1) is 4.90 Å². The molecular formula is C7H5O7S2-. The number of hydrogen-bond acceptors (Lipinski definition) is 6. The topological polar surface area (TPSA) is 129 Å². The summed E-state index contributed by atoms with van der Waals surface area (Å²) in [5.41, 5.74) is -0.598. The van der Waals surface area contributed by atoms with Crippen molar-refractivity contribution in [3.63, 3.8) is 0 Å². The van der Waals surface area contributed by atoms with E-state index in [1.807, 2.05) is 0 Å². The lowest BCUT2D eigenvalue weighted by molar-refractivity contribution is 0.112. The molecule has 88 valence electrons. The minimum Gasteiger partial charge on any atom is -0.744 e. The van der Waals surface area contributed by atoms with Crippen molar-refractivity contribution >= 4 is 26.5 Å². The van der Waals surface area contributed by atoms with E-state index in [1.165, 1.54) is 0 Å². The third-order valence-corrected chi connectivity index (χ3v) is 3.43. The van der Waals surface area contributed by atoms with Crippen LogP contribution in [0, 0.1) is 0 Å². The highest BCUT2D eigenvalue weighted by molar-refractivity contribution is 7.86. The normalized spacial score (nSPS) is 12.4. The number of carbonyl (C=O) groups excluding carboxylic acids is 1. The lowest BCUT2D eigenvalue weighted by atomic mass is 10.2. The summed E-state index contributed by atoms with van der Waals surface area (Å²) in [7, 11) is -9.42. The minimum atomic E-state index is -4.78. The fraction of sp³-hybridized carbons (Fsp3) is 0. The quantitative estimate of drug-likeness (QED) is 0.584. The molecule has 1 aromatic carbocycles. The SMILES string of the molecule is O=Cc1cc(S(=O)(=O)[O-])ccc1S(=O)(=O)O. The summed E-state index contributed by atoms with van der Waals surface area (Å²) in [4.78, 5) is 8.98. The molecule has 9 heteroatoms. The van der Waals surface area contributed by atoms with Crippen molar-refractivity contribution in [1.29, 1.82) is 0 Å². The van der Waals surface area contributed by atoms with Crippen LogP contribution >= 0.6 is 0 Å². The van der Waals surface area contributed by atoms with Gasteiger partial charge in [-0.1, -0.05) is 0 Å². The van der Waals surface area contributed by atoms with Crippen molar-refractivity contribution in [3.8, 4) is 0 Å². The van der Waals surface area contributed by atoms with Crippen molar-refractivity contribution in [1.82, 2.24) is 0 Å². The Morgan fingerprint density at radius 2 is 1.75 bits per heavy atom. The van der Waals surface area contributed by atoms with E-state index in [2.05, 4.69) is 0 Å². The van der Waals surface area contributed by atoms with Crippen LogP contribution < -0.4 is 0 Å². The monoisotopic (exact) mass is 265 g/mol. The predicted molar refractivity (Wildman–Crippen MR) is 49.6 cm³/mol. The number of hydrogen-bond donors (Lipinski definition) is 1. The average Bonchev–Trinajstić information content (AvgIpc) is 2.14. The van der Waals surface area contributed by atoms with Gasteiger partial charge in [-0.25, -0.2) is 8.42 Å². The molecule has 0 aromatic heterocycles. The molecule has 1 aromatic rings. The van der Waals surface area contributed by atoms with Gasteiger partial charge >= 0.3 is 0 Å². The molecule has 0 saturated heterocycles. The summed E-state index contributed by atoms with van der Waals surface area (Å²) in [6.45, 7) is 0. The van der Waals surface area contributed by atoms with Crippen molar-refractivity contribution < 1.29 is 30.7 Å². The van der Waals surface area contributed by atoms with E-state index < -0.39 is 35.6 Å². The van der Waals surface area contributed by atoms with Gasteiger partial charge in [0.1, 0.15) is 15.0 Å². The van der Waals surface area contributed by atoms with Gasteiger partial charge in [0.25, 0.3) is 10.1 Å². The summed E-state index contributed by atoms with van der Waals surface area (Å²) in [5.74, 6) is 0. The lowest BCUT2D eigenvalue weighted by Gasteiger charge is -2.08. The van der Waals surface area contributed by atoms with Crippen LogP contribution in [0.2, 0.25) is 0 Å². The molecule has 0 saturated carbocycles. The molecule has 0 aliphatic rings. The molecule has 0 aliphatic carbocycles. The molecule has 0 unspecified atom stereocenters. The Kier molecular flexibility index (Phi) is 3.15. The molecule has 0 heterocycles. The van der Waals surface area contributed by atoms with E-state index in [4.69, 9.17) is 4.55 Å². The molecule has 0 spiro atoms. The smallest absolute Gasteiger partial charge is 0.295 e. The lowest BCUT2D eigenvalue weighted by Crippen LogP contribution is -2.06. The van der Waals surface area contributed by atoms with E-state index in [0.717, 1.165) is 0 Å².